The summed E-state index contributed by atoms with van der Waals surface area (Å²) < 4.78 is 14.4. The van der Waals surface area contributed by atoms with Gasteiger partial charge in [-0.2, -0.15) is 0 Å². The third-order valence-electron chi connectivity index (χ3n) is 2.79. The molecule has 0 aliphatic heterocycles. The number of hydrogen-bond acceptors (Lipinski definition) is 3. The molecule has 0 saturated carbocycles. The number of aromatic carboxylic acids is 1. The van der Waals surface area contributed by atoms with Gasteiger partial charge in [0.2, 0.25) is 0 Å². The lowest BCUT2D eigenvalue weighted by Gasteiger charge is -2.16. The highest BCUT2D eigenvalue weighted by Gasteiger charge is 2.12. The van der Waals surface area contributed by atoms with Crippen LogP contribution in [0.3, 0.4) is 0 Å². The second-order valence-corrected chi connectivity index (χ2v) is 6.84. The van der Waals surface area contributed by atoms with Crippen molar-refractivity contribution in [2.45, 2.75) is 13.1 Å². The lowest BCUT2D eigenvalue weighted by atomic mass is 10.1. The molecule has 0 atom stereocenters. The smallest absolute Gasteiger partial charge is 0.338 e. The Balaban J connectivity index is 2.06. The molecule has 0 aliphatic carbocycles. The standard InChI is InChI=1S/C14H13BrFNO2S/c1-17(7-10-5-13(15)20-8-10)6-9-2-3-12(16)11(4-9)14(18)19/h2-5,8H,6-7H2,1H3,(H,18,19). The second-order valence-electron chi connectivity index (χ2n) is 4.55. The molecule has 2 aromatic rings. The minimum absolute atomic E-state index is 0.283. The molecule has 0 saturated heterocycles. The zero-order chi connectivity index (χ0) is 14.7. The van der Waals surface area contributed by atoms with Gasteiger partial charge in [-0.05, 0) is 57.7 Å². The summed E-state index contributed by atoms with van der Waals surface area (Å²) in [6.07, 6.45) is 0. The van der Waals surface area contributed by atoms with Gasteiger partial charge in [-0.25, -0.2) is 9.18 Å². The highest BCUT2D eigenvalue weighted by atomic mass is 79.9. The van der Waals surface area contributed by atoms with Gasteiger partial charge in [0.05, 0.1) is 9.35 Å². The fourth-order valence-corrected chi connectivity index (χ4v) is 3.14. The Kier molecular flexibility index (Phi) is 4.91. The quantitative estimate of drug-likeness (QED) is 0.879. The zero-order valence-corrected chi connectivity index (χ0v) is 13.2. The molecule has 1 N–H and O–H groups in total. The van der Waals surface area contributed by atoms with E-state index in [4.69, 9.17) is 5.11 Å². The lowest BCUT2D eigenvalue weighted by Crippen LogP contribution is -2.17. The average Bonchev–Trinajstić information content (AvgIpc) is 2.76. The monoisotopic (exact) mass is 357 g/mol. The minimum atomic E-state index is -1.24. The van der Waals surface area contributed by atoms with E-state index in [2.05, 4.69) is 27.4 Å². The summed E-state index contributed by atoms with van der Waals surface area (Å²) in [4.78, 5) is 12.9. The van der Waals surface area contributed by atoms with Gasteiger partial charge >= 0.3 is 5.97 Å². The van der Waals surface area contributed by atoms with Crippen LogP contribution in [-0.2, 0) is 13.1 Å². The van der Waals surface area contributed by atoms with Crippen molar-refractivity contribution in [3.63, 3.8) is 0 Å². The van der Waals surface area contributed by atoms with E-state index in [1.54, 1.807) is 17.4 Å². The summed E-state index contributed by atoms with van der Waals surface area (Å²) in [5, 5.41) is 11.0. The van der Waals surface area contributed by atoms with E-state index in [1.807, 2.05) is 11.9 Å². The first-order valence-corrected chi connectivity index (χ1v) is 7.56. The van der Waals surface area contributed by atoms with Crippen LogP contribution in [0.15, 0.2) is 33.4 Å². The fourth-order valence-electron chi connectivity index (χ4n) is 1.94. The first kappa shape index (κ1) is 15.2. The highest BCUT2D eigenvalue weighted by molar-refractivity contribution is 9.11. The maximum absolute atomic E-state index is 13.3. The number of halogens is 2. The van der Waals surface area contributed by atoms with Gasteiger partial charge in [-0.15, -0.1) is 11.3 Å². The van der Waals surface area contributed by atoms with E-state index in [1.165, 1.54) is 17.7 Å². The van der Waals surface area contributed by atoms with Crippen LogP contribution in [0.5, 0.6) is 0 Å². The molecule has 0 radical (unpaired) electrons. The van der Waals surface area contributed by atoms with Crippen LogP contribution >= 0.6 is 27.3 Å². The summed E-state index contributed by atoms with van der Waals surface area (Å²) in [5.74, 6) is -1.94. The van der Waals surface area contributed by atoms with E-state index in [0.29, 0.717) is 6.54 Å². The summed E-state index contributed by atoms with van der Waals surface area (Å²) >= 11 is 5.04. The molecule has 0 bridgehead atoms. The number of carbonyl (C=O) groups is 1. The molecule has 0 fully saturated rings. The second kappa shape index (κ2) is 6.47. The van der Waals surface area contributed by atoms with Gasteiger partial charge < -0.3 is 5.11 Å². The number of benzene rings is 1. The van der Waals surface area contributed by atoms with E-state index in [0.717, 1.165) is 15.9 Å². The number of rotatable bonds is 5. The number of hydrogen-bond donors (Lipinski definition) is 1. The Morgan fingerprint density at radius 3 is 2.65 bits per heavy atom. The fraction of sp³-hybridized carbons (Fsp3) is 0.214. The highest BCUT2D eigenvalue weighted by Crippen LogP contribution is 2.22. The average molecular weight is 358 g/mol. The number of carboxylic acids is 1. The third kappa shape index (κ3) is 3.88. The first-order valence-electron chi connectivity index (χ1n) is 5.89. The Morgan fingerprint density at radius 2 is 2.05 bits per heavy atom. The Morgan fingerprint density at radius 1 is 1.35 bits per heavy atom. The predicted octanol–water partition coefficient (Wildman–Crippen LogP) is 3.98. The molecular weight excluding hydrogens is 345 g/mol. The number of thiophene rings is 1. The lowest BCUT2D eigenvalue weighted by molar-refractivity contribution is 0.0691. The topological polar surface area (TPSA) is 40.5 Å². The SMILES string of the molecule is CN(Cc1csc(Br)c1)Cc1ccc(F)c(C(=O)O)c1. The maximum atomic E-state index is 13.3. The molecule has 0 amide bonds. The van der Waals surface area contributed by atoms with Gasteiger partial charge in [0, 0.05) is 13.1 Å². The van der Waals surface area contributed by atoms with Crippen molar-refractivity contribution >= 4 is 33.2 Å². The van der Waals surface area contributed by atoms with Gasteiger partial charge in [0.15, 0.2) is 0 Å². The molecule has 0 unspecified atom stereocenters. The summed E-state index contributed by atoms with van der Waals surface area (Å²) in [5.41, 5.74) is 1.68. The van der Waals surface area contributed by atoms with Crippen molar-refractivity contribution in [2.24, 2.45) is 0 Å². The molecule has 3 nitrogen and oxygen atoms in total. The van der Waals surface area contributed by atoms with Crippen molar-refractivity contribution in [3.8, 4) is 0 Å². The number of carboxylic acid groups (broad SMARTS) is 1. The molecule has 0 aliphatic rings. The van der Waals surface area contributed by atoms with Crippen molar-refractivity contribution < 1.29 is 14.3 Å². The van der Waals surface area contributed by atoms with E-state index >= 15 is 0 Å². The molecule has 2 rings (SSSR count). The van der Waals surface area contributed by atoms with Crippen LogP contribution in [0.4, 0.5) is 4.39 Å². The van der Waals surface area contributed by atoms with Gasteiger partial charge in [0.1, 0.15) is 5.82 Å². The Hall–Kier alpha value is -1.24. The van der Waals surface area contributed by atoms with Crippen molar-refractivity contribution in [1.82, 2.24) is 4.90 Å². The van der Waals surface area contributed by atoms with Crippen LogP contribution < -0.4 is 0 Å². The van der Waals surface area contributed by atoms with Gasteiger partial charge in [0.25, 0.3) is 0 Å². The van der Waals surface area contributed by atoms with Gasteiger partial charge in [-0.3, -0.25) is 4.90 Å². The van der Waals surface area contributed by atoms with Crippen molar-refractivity contribution in [1.29, 1.82) is 0 Å². The Labute approximate surface area is 128 Å². The summed E-state index contributed by atoms with van der Waals surface area (Å²) in [6, 6.07) is 6.25. The minimum Gasteiger partial charge on any atom is -0.478 e. The summed E-state index contributed by atoms with van der Waals surface area (Å²) in [6.45, 7) is 1.32. The molecule has 1 aromatic carbocycles. The van der Waals surface area contributed by atoms with Crippen molar-refractivity contribution in [2.75, 3.05) is 7.05 Å². The molecule has 20 heavy (non-hydrogen) atoms. The van der Waals surface area contributed by atoms with Crippen LogP contribution in [0, 0.1) is 5.82 Å². The Bertz CT molecular complexity index is 629. The molecule has 1 heterocycles. The zero-order valence-electron chi connectivity index (χ0n) is 10.8. The molecular formula is C14H13BrFNO2S. The third-order valence-corrected chi connectivity index (χ3v) is 4.34. The number of nitrogens with zero attached hydrogens (tertiary/aromatic N) is 1. The van der Waals surface area contributed by atoms with Crippen LogP contribution in [0.2, 0.25) is 0 Å². The van der Waals surface area contributed by atoms with Gasteiger partial charge in [-0.1, -0.05) is 6.07 Å². The van der Waals surface area contributed by atoms with Crippen molar-refractivity contribution in [3.05, 3.63) is 55.9 Å². The molecule has 1 aromatic heterocycles. The van der Waals surface area contributed by atoms with Crippen LogP contribution in [0.25, 0.3) is 0 Å². The normalized spacial score (nSPS) is 11.0. The molecule has 6 heteroatoms. The van der Waals surface area contributed by atoms with Crippen LogP contribution in [-0.4, -0.2) is 23.0 Å². The largest absolute Gasteiger partial charge is 0.478 e. The summed E-state index contributed by atoms with van der Waals surface area (Å²) in [7, 11) is 1.94. The maximum Gasteiger partial charge on any atom is 0.338 e. The van der Waals surface area contributed by atoms with E-state index in [9.17, 15) is 9.18 Å². The van der Waals surface area contributed by atoms with E-state index < -0.39 is 11.8 Å². The molecule has 0 spiro atoms. The molecule has 106 valence electrons. The van der Waals surface area contributed by atoms with Crippen LogP contribution in [0.1, 0.15) is 21.5 Å². The predicted molar refractivity (Wildman–Crippen MR) is 80.5 cm³/mol. The van der Waals surface area contributed by atoms with E-state index in [-0.39, 0.29) is 5.56 Å². The first-order chi connectivity index (χ1) is 9.45.